The standard InChI is InChI=1S/C13H13NO2/c15-9-10-8-12(6-7-13(10)16)14-11-4-2-1-3-5-11/h1-8,14-16H,9H2. The number of rotatable bonds is 3. The third-order valence-corrected chi connectivity index (χ3v) is 2.31. The van der Waals surface area contributed by atoms with Crippen molar-refractivity contribution in [3.05, 3.63) is 54.1 Å². The minimum absolute atomic E-state index is 0.112. The molecule has 2 rings (SSSR count). The molecule has 3 nitrogen and oxygen atoms in total. The van der Waals surface area contributed by atoms with Crippen molar-refractivity contribution < 1.29 is 10.2 Å². The van der Waals surface area contributed by atoms with E-state index in [2.05, 4.69) is 5.32 Å². The van der Waals surface area contributed by atoms with E-state index in [0.717, 1.165) is 11.4 Å². The van der Waals surface area contributed by atoms with Gasteiger partial charge in [-0.3, -0.25) is 0 Å². The molecule has 0 amide bonds. The number of hydrogen-bond donors (Lipinski definition) is 3. The molecule has 2 aromatic carbocycles. The Balaban J connectivity index is 2.22. The van der Waals surface area contributed by atoms with Gasteiger partial charge in [-0.25, -0.2) is 0 Å². The van der Waals surface area contributed by atoms with E-state index in [1.165, 1.54) is 0 Å². The van der Waals surface area contributed by atoms with Gasteiger partial charge in [0.25, 0.3) is 0 Å². The smallest absolute Gasteiger partial charge is 0.121 e. The molecule has 0 bridgehead atoms. The molecule has 0 atom stereocenters. The Hall–Kier alpha value is -2.00. The summed E-state index contributed by atoms with van der Waals surface area (Å²) in [6, 6.07) is 14.8. The van der Waals surface area contributed by atoms with Crippen molar-refractivity contribution in [3.63, 3.8) is 0 Å². The molecule has 0 radical (unpaired) electrons. The first-order valence-corrected chi connectivity index (χ1v) is 5.04. The number of para-hydroxylation sites is 1. The first kappa shape index (κ1) is 10.5. The van der Waals surface area contributed by atoms with Crippen LogP contribution in [-0.2, 0) is 6.61 Å². The number of benzene rings is 2. The number of anilines is 2. The van der Waals surface area contributed by atoms with E-state index in [1.807, 2.05) is 30.3 Å². The van der Waals surface area contributed by atoms with Crippen molar-refractivity contribution in [2.45, 2.75) is 6.61 Å². The molecule has 2 aromatic rings. The maximum Gasteiger partial charge on any atom is 0.121 e. The predicted molar refractivity (Wildman–Crippen MR) is 63.8 cm³/mol. The second-order valence-corrected chi connectivity index (χ2v) is 3.49. The normalized spacial score (nSPS) is 10.1. The summed E-state index contributed by atoms with van der Waals surface area (Å²) < 4.78 is 0. The summed E-state index contributed by atoms with van der Waals surface area (Å²) in [6.45, 7) is -0.170. The fourth-order valence-electron chi connectivity index (χ4n) is 1.48. The van der Waals surface area contributed by atoms with Gasteiger partial charge in [0.05, 0.1) is 6.61 Å². The zero-order valence-corrected chi connectivity index (χ0v) is 8.72. The lowest BCUT2D eigenvalue weighted by molar-refractivity contribution is 0.275. The van der Waals surface area contributed by atoms with Crippen molar-refractivity contribution in [1.29, 1.82) is 0 Å². The highest BCUT2D eigenvalue weighted by molar-refractivity contribution is 5.61. The van der Waals surface area contributed by atoms with Crippen LogP contribution >= 0.6 is 0 Å². The third-order valence-electron chi connectivity index (χ3n) is 2.31. The highest BCUT2D eigenvalue weighted by atomic mass is 16.3. The lowest BCUT2D eigenvalue weighted by atomic mass is 10.2. The first-order valence-electron chi connectivity index (χ1n) is 5.04. The largest absolute Gasteiger partial charge is 0.508 e. The van der Waals surface area contributed by atoms with Crippen LogP contribution in [0.1, 0.15) is 5.56 Å². The highest BCUT2D eigenvalue weighted by Crippen LogP contribution is 2.23. The number of phenols is 1. The van der Waals surface area contributed by atoms with Gasteiger partial charge in [0.15, 0.2) is 0 Å². The summed E-state index contributed by atoms with van der Waals surface area (Å²) in [6.07, 6.45) is 0. The summed E-state index contributed by atoms with van der Waals surface area (Å²) in [5, 5.41) is 21.6. The number of hydrogen-bond acceptors (Lipinski definition) is 3. The van der Waals surface area contributed by atoms with E-state index in [1.54, 1.807) is 18.2 Å². The molecule has 0 spiro atoms. The number of aromatic hydroxyl groups is 1. The van der Waals surface area contributed by atoms with Crippen LogP contribution in [0.15, 0.2) is 48.5 Å². The van der Waals surface area contributed by atoms with Crippen LogP contribution < -0.4 is 5.32 Å². The average Bonchev–Trinajstić information content (AvgIpc) is 2.33. The number of aliphatic hydroxyl groups is 1. The lowest BCUT2D eigenvalue weighted by Crippen LogP contribution is -1.92. The van der Waals surface area contributed by atoms with E-state index >= 15 is 0 Å². The molecule has 3 heteroatoms. The topological polar surface area (TPSA) is 52.5 Å². The maximum atomic E-state index is 9.41. The van der Waals surface area contributed by atoms with Crippen LogP contribution in [0.4, 0.5) is 11.4 Å². The molecule has 0 aliphatic rings. The zero-order chi connectivity index (χ0) is 11.4. The molecule has 3 N–H and O–H groups in total. The van der Waals surface area contributed by atoms with Crippen molar-refractivity contribution in [3.8, 4) is 5.75 Å². The Labute approximate surface area is 94.0 Å². The summed E-state index contributed by atoms with van der Waals surface area (Å²) in [4.78, 5) is 0. The summed E-state index contributed by atoms with van der Waals surface area (Å²) >= 11 is 0. The molecule has 0 fully saturated rings. The van der Waals surface area contributed by atoms with E-state index < -0.39 is 0 Å². The van der Waals surface area contributed by atoms with Crippen LogP contribution in [0, 0.1) is 0 Å². The van der Waals surface area contributed by atoms with Gasteiger partial charge >= 0.3 is 0 Å². The molecule has 0 aromatic heterocycles. The van der Waals surface area contributed by atoms with Gasteiger partial charge in [0.2, 0.25) is 0 Å². The molecule has 0 heterocycles. The number of nitrogens with one attached hydrogen (secondary N) is 1. The zero-order valence-electron chi connectivity index (χ0n) is 8.72. The van der Waals surface area contributed by atoms with Crippen molar-refractivity contribution >= 4 is 11.4 Å². The summed E-state index contributed by atoms with van der Waals surface area (Å²) in [5.41, 5.74) is 2.33. The molecule has 0 saturated carbocycles. The van der Waals surface area contributed by atoms with Crippen LogP contribution in [0.5, 0.6) is 5.75 Å². The highest BCUT2D eigenvalue weighted by Gasteiger charge is 2.01. The van der Waals surface area contributed by atoms with E-state index in [4.69, 9.17) is 5.11 Å². The minimum Gasteiger partial charge on any atom is -0.508 e. The quantitative estimate of drug-likeness (QED) is 0.690. The van der Waals surface area contributed by atoms with Crippen molar-refractivity contribution in [2.75, 3.05) is 5.32 Å². The van der Waals surface area contributed by atoms with Gasteiger partial charge in [0, 0.05) is 16.9 Å². The SMILES string of the molecule is OCc1cc(Nc2ccccc2)ccc1O. The monoisotopic (exact) mass is 215 g/mol. The predicted octanol–water partition coefficient (Wildman–Crippen LogP) is 2.63. The van der Waals surface area contributed by atoms with Gasteiger partial charge in [0.1, 0.15) is 5.75 Å². The first-order chi connectivity index (χ1) is 7.79. The molecular formula is C13H13NO2. The van der Waals surface area contributed by atoms with E-state index in [0.29, 0.717) is 5.56 Å². The summed E-state index contributed by atoms with van der Waals surface area (Å²) in [7, 11) is 0. The van der Waals surface area contributed by atoms with Crippen LogP contribution in [0.25, 0.3) is 0 Å². The van der Waals surface area contributed by atoms with Crippen molar-refractivity contribution in [2.24, 2.45) is 0 Å². The van der Waals surface area contributed by atoms with Gasteiger partial charge in [-0.15, -0.1) is 0 Å². The molecule has 0 aliphatic heterocycles. The average molecular weight is 215 g/mol. The Morgan fingerprint density at radius 2 is 1.69 bits per heavy atom. The molecular weight excluding hydrogens is 202 g/mol. The Bertz CT molecular complexity index is 469. The van der Waals surface area contributed by atoms with E-state index in [9.17, 15) is 5.11 Å². The second-order valence-electron chi connectivity index (χ2n) is 3.49. The van der Waals surface area contributed by atoms with Gasteiger partial charge in [-0.05, 0) is 30.3 Å². The lowest BCUT2D eigenvalue weighted by Gasteiger charge is -2.08. The molecule has 0 saturated heterocycles. The minimum atomic E-state index is -0.170. The maximum absolute atomic E-state index is 9.41. The Morgan fingerprint density at radius 3 is 2.38 bits per heavy atom. The molecule has 16 heavy (non-hydrogen) atoms. The van der Waals surface area contributed by atoms with Gasteiger partial charge in [-0.2, -0.15) is 0 Å². The molecule has 0 aliphatic carbocycles. The van der Waals surface area contributed by atoms with Crippen LogP contribution in [-0.4, -0.2) is 10.2 Å². The third kappa shape index (κ3) is 2.32. The van der Waals surface area contributed by atoms with Crippen LogP contribution in [0.3, 0.4) is 0 Å². The van der Waals surface area contributed by atoms with Crippen LogP contribution in [0.2, 0.25) is 0 Å². The van der Waals surface area contributed by atoms with Crippen molar-refractivity contribution in [1.82, 2.24) is 0 Å². The second kappa shape index (κ2) is 4.68. The fraction of sp³-hybridized carbons (Fsp3) is 0.0769. The van der Waals surface area contributed by atoms with Gasteiger partial charge < -0.3 is 15.5 Å². The van der Waals surface area contributed by atoms with Gasteiger partial charge in [-0.1, -0.05) is 18.2 Å². The number of aliphatic hydroxyl groups excluding tert-OH is 1. The Morgan fingerprint density at radius 1 is 0.938 bits per heavy atom. The summed E-state index contributed by atoms with van der Waals surface area (Å²) in [5.74, 6) is 0.112. The molecule has 0 unspecified atom stereocenters. The molecule has 82 valence electrons. The fourth-order valence-corrected chi connectivity index (χ4v) is 1.48. The Kier molecular flexibility index (Phi) is 3.08. The van der Waals surface area contributed by atoms with E-state index in [-0.39, 0.29) is 12.4 Å².